The summed E-state index contributed by atoms with van der Waals surface area (Å²) in [5, 5.41) is 10.4. The zero-order chi connectivity index (χ0) is 15.0. The van der Waals surface area contributed by atoms with Gasteiger partial charge >= 0.3 is 0 Å². The molecule has 2 aromatic rings. The van der Waals surface area contributed by atoms with Gasteiger partial charge in [0, 0.05) is 18.5 Å². The van der Waals surface area contributed by atoms with E-state index < -0.39 is 9.84 Å². The minimum Gasteiger partial charge on any atom is -0.353 e. The number of benzene rings is 1. The number of pyridine rings is 1. The normalized spacial score (nSPS) is 17.6. The van der Waals surface area contributed by atoms with Crippen molar-refractivity contribution in [3.63, 3.8) is 0 Å². The second-order valence-electron chi connectivity index (χ2n) is 5.20. The summed E-state index contributed by atoms with van der Waals surface area (Å²) in [5.74, 6) is 0.834. The quantitative estimate of drug-likeness (QED) is 0.800. The van der Waals surface area contributed by atoms with E-state index in [9.17, 15) is 13.7 Å². The predicted octanol–water partition coefficient (Wildman–Crippen LogP) is 1.65. The molecule has 1 fully saturated rings. The van der Waals surface area contributed by atoms with Crippen molar-refractivity contribution in [2.75, 3.05) is 29.5 Å². The fourth-order valence-electron chi connectivity index (χ4n) is 2.65. The lowest BCUT2D eigenvalue weighted by molar-refractivity contribution is 0.586. The fraction of sp³-hybridized carbons (Fsp3) is 0.333. The van der Waals surface area contributed by atoms with E-state index in [2.05, 4.69) is 11.1 Å². The molecule has 1 aromatic carbocycles. The molecule has 0 radical (unpaired) electrons. The van der Waals surface area contributed by atoms with Crippen molar-refractivity contribution < 1.29 is 8.42 Å². The van der Waals surface area contributed by atoms with Gasteiger partial charge in [-0.25, -0.2) is 13.4 Å². The highest BCUT2D eigenvalue weighted by molar-refractivity contribution is 7.91. The van der Waals surface area contributed by atoms with Crippen molar-refractivity contribution in [1.29, 1.82) is 5.26 Å². The molecular weight excluding hydrogens is 286 g/mol. The first-order valence-corrected chi connectivity index (χ1v) is 8.59. The molecule has 0 bridgehead atoms. The number of hydrogen-bond donors (Lipinski definition) is 0. The summed E-state index contributed by atoms with van der Waals surface area (Å²) >= 11 is 0. The maximum Gasteiger partial charge on any atom is 0.153 e. The third-order valence-electron chi connectivity index (χ3n) is 3.89. The van der Waals surface area contributed by atoms with Crippen molar-refractivity contribution in [2.24, 2.45) is 0 Å². The number of sulfone groups is 1. The van der Waals surface area contributed by atoms with Crippen LogP contribution in [0.5, 0.6) is 0 Å². The molecule has 1 aliphatic rings. The van der Waals surface area contributed by atoms with Crippen LogP contribution in [0.3, 0.4) is 0 Å². The van der Waals surface area contributed by atoms with E-state index in [-0.39, 0.29) is 11.5 Å². The van der Waals surface area contributed by atoms with Gasteiger partial charge in [0.05, 0.1) is 22.6 Å². The Morgan fingerprint density at radius 3 is 2.57 bits per heavy atom. The van der Waals surface area contributed by atoms with E-state index in [1.54, 1.807) is 0 Å². The maximum atomic E-state index is 11.5. The number of para-hydroxylation sites is 1. The second-order valence-corrected chi connectivity index (χ2v) is 7.51. The van der Waals surface area contributed by atoms with Crippen molar-refractivity contribution in [1.82, 2.24) is 4.98 Å². The predicted molar refractivity (Wildman–Crippen MR) is 82.1 cm³/mol. The molecule has 5 nitrogen and oxygen atoms in total. The van der Waals surface area contributed by atoms with E-state index in [0.717, 1.165) is 16.5 Å². The first-order valence-electron chi connectivity index (χ1n) is 6.76. The Labute approximate surface area is 123 Å². The van der Waals surface area contributed by atoms with Gasteiger partial charge in [-0.1, -0.05) is 18.2 Å². The number of anilines is 1. The van der Waals surface area contributed by atoms with Crippen molar-refractivity contribution in [3.05, 3.63) is 35.4 Å². The summed E-state index contributed by atoms with van der Waals surface area (Å²) in [5.41, 5.74) is 2.26. The van der Waals surface area contributed by atoms with E-state index in [1.807, 2.05) is 36.1 Å². The average molecular weight is 301 g/mol. The molecule has 0 aliphatic carbocycles. The zero-order valence-electron chi connectivity index (χ0n) is 11.7. The lowest BCUT2D eigenvalue weighted by atomic mass is 10.0. The molecule has 3 rings (SSSR count). The summed E-state index contributed by atoms with van der Waals surface area (Å²) in [4.78, 5) is 6.49. The van der Waals surface area contributed by atoms with Crippen LogP contribution in [0.25, 0.3) is 10.9 Å². The lowest BCUT2D eigenvalue weighted by Gasteiger charge is -2.29. The number of rotatable bonds is 1. The highest BCUT2D eigenvalue weighted by atomic mass is 32.2. The van der Waals surface area contributed by atoms with E-state index in [4.69, 9.17) is 0 Å². The largest absolute Gasteiger partial charge is 0.353 e. The molecule has 2 heterocycles. The van der Waals surface area contributed by atoms with Crippen molar-refractivity contribution >= 4 is 26.6 Å². The van der Waals surface area contributed by atoms with Crippen LogP contribution in [-0.4, -0.2) is 38.0 Å². The maximum absolute atomic E-state index is 11.5. The minimum absolute atomic E-state index is 0.116. The molecule has 0 atom stereocenters. The average Bonchev–Trinajstić information content (AvgIpc) is 2.47. The number of nitriles is 1. The second kappa shape index (κ2) is 5.01. The van der Waals surface area contributed by atoms with Gasteiger partial charge < -0.3 is 4.90 Å². The third kappa shape index (κ3) is 2.45. The Bertz CT molecular complexity index is 839. The van der Waals surface area contributed by atoms with Crippen LogP contribution in [0, 0.1) is 18.3 Å². The molecule has 0 spiro atoms. The molecule has 0 unspecified atom stereocenters. The standard InChI is InChI=1S/C15H15N3O2S/c1-11-12-4-2-3-5-14(12)17-15(13(11)10-16)18-6-8-21(19,20)9-7-18/h2-5H,6-9H2,1H3. The number of aromatic nitrogens is 1. The molecule has 1 aliphatic heterocycles. The Morgan fingerprint density at radius 2 is 1.90 bits per heavy atom. The van der Waals surface area contributed by atoms with Gasteiger partial charge in [0.2, 0.25) is 0 Å². The molecule has 6 heteroatoms. The smallest absolute Gasteiger partial charge is 0.153 e. The molecule has 0 saturated carbocycles. The fourth-order valence-corrected chi connectivity index (χ4v) is 3.85. The number of aryl methyl sites for hydroxylation is 1. The summed E-state index contributed by atoms with van der Waals surface area (Å²) in [6, 6.07) is 9.91. The molecule has 21 heavy (non-hydrogen) atoms. The zero-order valence-corrected chi connectivity index (χ0v) is 12.5. The van der Waals surface area contributed by atoms with Crippen LogP contribution in [0.1, 0.15) is 11.1 Å². The van der Waals surface area contributed by atoms with Gasteiger partial charge in [-0.15, -0.1) is 0 Å². The van der Waals surface area contributed by atoms with Crippen molar-refractivity contribution in [2.45, 2.75) is 6.92 Å². The van der Waals surface area contributed by atoms with Crippen LogP contribution < -0.4 is 4.90 Å². The van der Waals surface area contributed by atoms with Crippen LogP contribution in [0.15, 0.2) is 24.3 Å². The van der Waals surface area contributed by atoms with Gasteiger partial charge in [0.25, 0.3) is 0 Å². The first-order chi connectivity index (χ1) is 10.0. The third-order valence-corrected chi connectivity index (χ3v) is 5.50. The molecule has 1 aromatic heterocycles. The summed E-state index contributed by atoms with van der Waals surface area (Å²) in [7, 11) is -2.95. The van der Waals surface area contributed by atoms with E-state index in [0.29, 0.717) is 24.5 Å². The Kier molecular flexibility index (Phi) is 3.30. The van der Waals surface area contributed by atoms with Crippen LogP contribution in [0.4, 0.5) is 5.82 Å². The Morgan fingerprint density at radius 1 is 1.24 bits per heavy atom. The highest BCUT2D eigenvalue weighted by Gasteiger charge is 2.25. The number of fused-ring (bicyclic) bond motifs is 1. The summed E-state index contributed by atoms with van der Waals surface area (Å²) in [6.07, 6.45) is 0. The summed E-state index contributed by atoms with van der Waals surface area (Å²) in [6.45, 7) is 2.69. The Balaban J connectivity index is 2.12. The lowest BCUT2D eigenvalue weighted by Crippen LogP contribution is -2.41. The Hall–Kier alpha value is -2.13. The first kappa shape index (κ1) is 13.8. The molecule has 108 valence electrons. The summed E-state index contributed by atoms with van der Waals surface area (Å²) < 4.78 is 23.1. The van der Waals surface area contributed by atoms with Gasteiger partial charge in [0.1, 0.15) is 11.9 Å². The number of nitrogens with zero attached hydrogens (tertiary/aromatic N) is 3. The monoisotopic (exact) mass is 301 g/mol. The highest BCUT2D eigenvalue weighted by Crippen LogP contribution is 2.28. The SMILES string of the molecule is Cc1c(C#N)c(N2CCS(=O)(=O)CC2)nc2ccccc12. The topological polar surface area (TPSA) is 74.1 Å². The molecule has 1 saturated heterocycles. The van der Waals surface area contributed by atoms with Gasteiger partial charge in [-0.3, -0.25) is 0 Å². The van der Waals surface area contributed by atoms with Crippen LogP contribution >= 0.6 is 0 Å². The van der Waals surface area contributed by atoms with E-state index >= 15 is 0 Å². The molecular formula is C15H15N3O2S. The van der Waals surface area contributed by atoms with Gasteiger partial charge in [-0.2, -0.15) is 5.26 Å². The van der Waals surface area contributed by atoms with Gasteiger partial charge in [-0.05, 0) is 18.6 Å². The molecule has 0 N–H and O–H groups in total. The van der Waals surface area contributed by atoms with Crippen LogP contribution in [-0.2, 0) is 9.84 Å². The molecule has 0 amide bonds. The van der Waals surface area contributed by atoms with E-state index in [1.165, 1.54) is 0 Å². The number of hydrogen-bond acceptors (Lipinski definition) is 5. The minimum atomic E-state index is -2.95. The van der Waals surface area contributed by atoms with Gasteiger partial charge in [0.15, 0.2) is 9.84 Å². The van der Waals surface area contributed by atoms with Crippen LogP contribution in [0.2, 0.25) is 0 Å². The van der Waals surface area contributed by atoms with Crippen molar-refractivity contribution in [3.8, 4) is 6.07 Å².